The van der Waals surface area contributed by atoms with Crippen LogP contribution in [0.4, 0.5) is 0 Å². The number of alkyl halides is 1. The van der Waals surface area contributed by atoms with Gasteiger partial charge in [-0.25, -0.2) is 0 Å². The molecule has 1 aliphatic rings. The van der Waals surface area contributed by atoms with Crippen molar-refractivity contribution >= 4 is 17.5 Å². The van der Waals surface area contributed by atoms with Crippen LogP contribution in [0.1, 0.15) is 47.5 Å². The molecule has 3 heteroatoms. The molecule has 17 heavy (non-hydrogen) atoms. The van der Waals surface area contributed by atoms with Crippen molar-refractivity contribution in [2.75, 3.05) is 12.4 Å². The van der Waals surface area contributed by atoms with Crippen LogP contribution < -0.4 is 0 Å². The normalized spacial score (nSPS) is 23.8. The van der Waals surface area contributed by atoms with Crippen molar-refractivity contribution in [3.63, 3.8) is 0 Å². The Kier molecular flexibility index (Phi) is 4.65. The third-order valence-corrected chi connectivity index (χ3v) is 4.13. The first-order chi connectivity index (χ1) is 7.83. The summed E-state index contributed by atoms with van der Waals surface area (Å²) in [4.78, 5) is 13.7. The van der Waals surface area contributed by atoms with E-state index >= 15 is 0 Å². The summed E-state index contributed by atoms with van der Waals surface area (Å²) in [5.41, 5.74) is 2.73. The standard InChI is InChI=1S/C14H24ClNO/c1-6-16(13(17)9-15)12-7-10(2)8-14(4,5)11(12)3/h10H,6-9H2,1-5H3. The molecule has 0 saturated carbocycles. The van der Waals surface area contributed by atoms with Gasteiger partial charge in [-0.3, -0.25) is 4.79 Å². The molecule has 98 valence electrons. The minimum atomic E-state index is 0.0217. The van der Waals surface area contributed by atoms with E-state index in [9.17, 15) is 4.79 Å². The fraction of sp³-hybridized carbons (Fsp3) is 0.786. The number of amides is 1. The molecule has 0 aromatic heterocycles. The topological polar surface area (TPSA) is 20.3 Å². The summed E-state index contributed by atoms with van der Waals surface area (Å²) in [5, 5.41) is 0. The van der Waals surface area contributed by atoms with Crippen LogP contribution in [0.5, 0.6) is 0 Å². The second-order valence-corrected chi connectivity index (χ2v) is 6.01. The predicted octanol–water partition coefficient (Wildman–Crippen LogP) is 3.80. The lowest BCUT2D eigenvalue weighted by Crippen LogP contribution is -2.37. The summed E-state index contributed by atoms with van der Waals surface area (Å²) in [5.74, 6) is 0.716. The maximum atomic E-state index is 11.9. The molecular weight excluding hydrogens is 234 g/mol. The molecule has 0 aromatic rings. The molecule has 0 aromatic carbocycles. The van der Waals surface area contributed by atoms with E-state index in [0.717, 1.165) is 6.42 Å². The van der Waals surface area contributed by atoms with Gasteiger partial charge in [0.15, 0.2) is 0 Å². The third kappa shape index (κ3) is 3.04. The maximum Gasteiger partial charge on any atom is 0.241 e. The summed E-state index contributed by atoms with van der Waals surface area (Å²) in [6, 6.07) is 0. The van der Waals surface area contributed by atoms with Gasteiger partial charge in [0.1, 0.15) is 5.88 Å². The fourth-order valence-corrected chi connectivity index (χ4v) is 3.02. The van der Waals surface area contributed by atoms with Gasteiger partial charge in [-0.05, 0) is 43.6 Å². The highest BCUT2D eigenvalue weighted by Crippen LogP contribution is 2.43. The van der Waals surface area contributed by atoms with Gasteiger partial charge in [-0.15, -0.1) is 11.6 Å². The van der Waals surface area contributed by atoms with Crippen molar-refractivity contribution in [2.24, 2.45) is 11.3 Å². The van der Waals surface area contributed by atoms with Crippen molar-refractivity contribution < 1.29 is 4.79 Å². The van der Waals surface area contributed by atoms with E-state index < -0.39 is 0 Å². The summed E-state index contributed by atoms with van der Waals surface area (Å²) >= 11 is 5.69. The summed E-state index contributed by atoms with van der Waals surface area (Å²) < 4.78 is 0. The SMILES string of the molecule is CCN(C(=O)CCl)C1=C(C)C(C)(C)CC(C)C1. The van der Waals surface area contributed by atoms with Crippen molar-refractivity contribution in [3.05, 3.63) is 11.3 Å². The van der Waals surface area contributed by atoms with E-state index in [0.29, 0.717) is 12.5 Å². The zero-order valence-electron chi connectivity index (χ0n) is 11.6. The molecule has 0 heterocycles. The number of hydrogen-bond acceptors (Lipinski definition) is 1. The zero-order valence-corrected chi connectivity index (χ0v) is 12.4. The van der Waals surface area contributed by atoms with E-state index in [2.05, 4.69) is 27.7 Å². The molecule has 1 aliphatic carbocycles. The molecule has 0 N–H and O–H groups in total. The van der Waals surface area contributed by atoms with Gasteiger partial charge in [-0.2, -0.15) is 0 Å². The number of nitrogens with zero attached hydrogens (tertiary/aromatic N) is 1. The van der Waals surface area contributed by atoms with Gasteiger partial charge in [0.05, 0.1) is 0 Å². The third-order valence-electron chi connectivity index (χ3n) is 3.91. The van der Waals surface area contributed by atoms with Crippen molar-refractivity contribution in [1.82, 2.24) is 4.90 Å². The molecule has 0 fully saturated rings. The van der Waals surface area contributed by atoms with Crippen molar-refractivity contribution in [2.45, 2.75) is 47.5 Å². The van der Waals surface area contributed by atoms with Gasteiger partial charge in [0.2, 0.25) is 5.91 Å². The summed E-state index contributed by atoms with van der Waals surface area (Å²) in [7, 11) is 0. The van der Waals surface area contributed by atoms with Crippen LogP contribution in [-0.4, -0.2) is 23.2 Å². The van der Waals surface area contributed by atoms with E-state index in [1.807, 2.05) is 11.8 Å². The minimum absolute atomic E-state index is 0.0217. The van der Waals surface area contributed by atoms with Crippen LogP contribution in [0.15, 0.2) is 11.3 Å². The highest BCUT2D eigenvalue weighted by atomic mass is 35.5. The monoisotopic (exact) mass is 257 g/mol. The fourth-order valence-electron chi connectivity index (χ4n) is 2.87. The molecule has 0 saturated heterocycles. The number of hydrogen-bond donors (Lipinski definition) is 0. The number of carbonyl (C=O) groups is 1. The molecule has 1 atom stereocenters. The molecule has 1 amide bonds. The summed E-state index contributed by atoms with van der Waals surface area (Å²) in [6.07, 6.45) is 2.18. The lowest BCUT2D eigenvalue weighted by atomic mass is 9.71. The Hall–Kier alpha value is -0.500. The first-order valence-corrected chi connectivity index (χ1v) is 6.93. The Morgan fingerprint density at radius 1 is 1.53 bits per heavy atom. The first kappa shape index (κ1) is 14.6. The molecule has 2 nitrogen and oxygen atoms in total. The highest BCUT2D eigenvalue weighted by molar-refractivity contribution is 6.27. The molecule has 0 bridgehead atoms. The van der Waals surface area contributed by atoms with E-state index in [1.54, 1.807) is 0 Å². The van der Waals surface area contributed by atoms with Crippen LogP contribution in [-0.2, 0) is 4.79 Å². The van der Waals surface area contributed by atoms with Crippen LogP contribution in [0, 0.1) is 11.3 Å². The Labute approximate surface area is 110 Å². The Bertz CT molecular complexity index is 333. The van der Waals surface area contributed by atoms with Gasteiger partial charge >= 0.3 is 0 Å². The number of halogens is 1. The smallest absolute Gasteiger partial charge is 0.241 e. The first-order valence-electron chi connectivity index (χ1n) is 6.40. The Morgan fingerprint density at radius 2 is 2.12 bits per heavy atom. The van der Waals surface area contributed by atoms with Crippen LogP contribution in [0.25, 0.3) is 0 Å². The molecule has 1 unspecified atom stereocenters. The Morgan fingerprint density at radius 3 is 2.59 bits per heavy atom. The van der Waals surface area contributed by atoms with Gasteiger partial charge in [-0.1, -0.05) is 20.8 Å². The Balaban J connectivity index is 3.12. The average Bonchev–Trinajstić information content (AvgIpc) is 2.24. The van der Waals surface area contributed by atoms with Crippen molar-refractivity contribution in [3.8, 4) is 0 Å². The molecule has 1 rings (SSSR count). The second-order valence-electron chi connectivity index (χ2n) is 5.74. The minimum Gasteiger partial charge on any atom is -0.315 e. The van der Waals surface area contributed by atoms with Crippen LogP contribution in [0.2, 0.25) is 0 Å². The van der Waals surface area contributed by atoms with E-state index in [1.165, 1.54) is 17.7 Å². The molecule has 0 aliphatic heterocycles. The predicted molar refractivity (Wildman–Crippen MR) is 73.0 cm³/mol. The summed E-state index contributed by atoms with van der Waals surface area (Å²) in [6.45, 7) is 11.7. The van der Waals surface area contributed by atoms with Gasteiger partial charge in [0, 0.05) is 12.2 Å². The number of rotatable bonds is 3. The van der Waals surface area contributed by atoms with E-state index in [-0.39, 0.29) is 17.2 Å². The van der Waals surface area contributed by atoms with Crippen molar-refractivity contribution in [1.29, 1.82) is 0 Å². The average molecular weight is 258 g/mol. The lowest BCUT2D eigenvalue weighted by molar-refractivity contribution is -0.126. The quantitative estimate of drug-likeness (QED) is 0.704. The van der Waals surface area contributed by atoms with Gasteiger partial charge < -0.3 is 4.90 Å². The highest BCUT2D eigenvalue weighted by Gasteiger charge is 2.33. The van der Waals surface area contributed by atoms with Crippen LogP contribution >= 0.6 is 11.6 Å². The zero-order chi connectivity index (χ0) is 13.2. The second kappa shape index (κ2) is 5.43. The van der Waals surface area contributed by atoms with Gasteiger partial charge in [0.25, 0.3) is 0 Å². The number of allylic oxidation sites excluding steroid dienone is 2. The number of carbonyl (C=O) groups excluding carboxylic acids is 1. The molecule has 0 spiro atoms. The molecular formula is C14H24ClNO. The lowest BCUT2D eigenvalue weighted by Gasteiger charge is -2.40. The van der Waals surface area contributed by atoms with E-state index in [4.69, 9.17) is 11.6 Å². The largest absolute Gasteiger partial charge is 0.315 e. The maximum absolute atomic E-state index is 11.9. The van der Waals surface area contributed by atoms with Crippen LogP contribution in [0.3, 0.4) is 0 Å². The molecule has 0 radical (unpaired) electrons.